The molecular weight excluding hydrogens is 436 g/mol. The maximum atomic E-state index is 13.2. The molecule has 0 radical (unpaired) electrons. The van der Waals surface area contributed by atoms with E-state index in [9.17, 15) is 9.59 Å². The van der Waals surface area contributed by atoms with E-state index in [2.05, 4.69) is 31.6 Å². The molecule has 2 atom stereocenters. The van der Waals surface area contributed by atoms with Crippen LogP contribution in [0.4, 0.5) is 0 Å². The van der Waals surface area contributed by atoms with Gasteiger partial charge in [0.25, 0.3) is 0 Å². The molecule has 0 bridgehead atoms. The zero-order chi connectivity index (χ0) is 23.5. The van der Waals surface area contributed by atoms with Gasteiger partial charge in [-0.25, -0.2) is 9.48 Å². The minimum absolute atomic E-state index is 0.0286. The van der Waals surface area contributed by atoms with Gasteiger partial charge in [0.05, 0.1) is 37.9 Å². The first-order valence-electron chi connectivity index (χ1n) is 11.2. The topological polar surface area (TPSA) is 118 Å². The standard InChI is InChI=1S/C24H26N6O4/c1-33-24(32)21-14-30(28-27-21)18-10-22(29(13-18)12-16-7-9-34-15-16)23(31)25-8-6-17-11-26-20-5-3-2-4-19(17)20/h2-5,7,9,11,14-15,18,22,26H,6,8,10,12-13H2,1H3,(H,25,31)/t18-,22+/m1/s1. The number of benzene rings is 1. The summed E-state index contributed by atoms with van der Waals surface area (Å²) in [7, 11) is 1.31. The molecular formula is C24H26N6O4. The Labute approximate surface area is 195 Å². The van der Waals surface area contributed by atoms with E-state index in [0.717, 1.165) is 17.5 Å². The largest absolute Gasteiger partial charge is 0.472 e. The van der Waals surface area contributed by atoms with Crippen molar-refractivity contribution in [1.29, 1.82) is 0 Å². The molecule has 176 valence electrons. The number of hydrogen-bond donors (Lipinski definition) is 2. The first kappa shape index (κ1) is 21.9. The zero-order valence-electron chi connectivity index (χ0n) is 18.8. The number of nitrogens with zero attached hydrogens (tertiary/aromatic N) is 4. The number of aromatic nitrogens is 4. The molecule has 1 saturated heterocycles. The van der Waals surface area contributed by atoms with Crippen molar-refractivity contribution in [2.45, 2.75) is 31.5 Å². The maximum Gasteiger partial charge on any atom is 0.360 e. The first-order valence-corrected chi connectivity index (χ1v) is 11.2. The highest BCUT2D eigenvalue weighted by Gasteiger charge is 2.38. The van der Waals surface area contributed by atoms with Gasteiger partial charge in [0.1, 0.15) is 0 Å². The van der Waals surface area contributed by atoms with Crippen LogP contribution in [0.1, 0.15) is 34.1 Å². The number of carbonyl (C=O) groups is 2. The molecule has 1 aliphatic rings. The molecule has 1 aliphatic heterocycles. The van der Waals surface area contributed by atoms with Crippen LogP contribution in [0, 0.1) is 0 Å². The fourth-order valence-corrected chi connectivity index (χ4v) is 4.57. The SMILES string of the molecule is COC(=O)c1cn([C@@H]2C[C@@H](C(=O)NCCc3c[nH]c4ccccc34)N(Cc3ccoc3)C2)nn1. The van der Waals surface area contributed by atoms with Crippen molar-refractivity contribution in [2.75, 3.05) is 20.2 Å². The highest BCUT2D eigenvalue weighted by Crippen LogP contribution is 2.29. The molecule has 10 heteroatoms. The predicted octanol–water partition coefficient (Wildman–Crippen LogP) is 2.31. The molecule has 5 rings (SSSR count). The van der Waals surface area contributed by atoms with Crippen LogP contribution in [0.5, 0.6) is 0 Å². The van der Waals surface area contributed by atoms with E-state index in [4.69, 9.17) is 9.15 Å². The van der Waals surface area contributed by atoms with Crippen molar-refractivity contribution in [2.24, 2.45) is 0 Å². The van der Waals surface area contributed by atoms with Crippen LogP contribution >= 0.6 is 0 Å². The van der Waals surface area contributed by atoms with Gasteiger partial charge in [-0.05, 0) is 30.5 Å². The van der Waals surface area contributed by atoms with Gasteiger partial charge in [-0.15, -0.1) is 5.10 Å². The van der Waals surface area contributed by atoms with Gasteiger partial charge in [0, 0.05) is 42.3 Å². The summed E-state index contributed by atoms with van der Waals surface area (Å²) in [5.74, 6) is -0.565. The Bertz CT molecular complexity index is 1280. The number of aromatic amines is 1. The van der Waals surface area contributed by atoms with Gasteiger partial charge in [-0.3, -0.25) is 9.69 Å². The number of methoxy groups -OCH3 is 1. The molecule has 10 nitrogen and oxygen atoms in total. The van der Waals surface area contributed by atoms with E-state index >= 15 is 0 Å². The number of para-hydroxylation sites is 1. The third kappa shape index (κ3) is 4.44. The summed E-state index contributed by atoms with van der Waals surface area (Å²) < 4.78 is 11.6. The monoisotopic (exact) mass is 462 g/mol. The lowest BCUT2D eigenvalue weighted by atomic mass is 10.1. The van der Waals surface area contributed by atoms with Crippen molar-refractivity contribution in [3.8, 4) is 0 Å². The molecule has 1 aromatic carbocycles. The molecule has 1 fully saturated rings. The number of likely N-dealkylation sites (tertiary alicyclic amines) is 1. The van der Waals surface area contributed by atoms with Crippen LogP contribution in [0.2, 0.25) is 0 Å². The van der Waals surface area contributed by atoms with E-state index in [1.807, 2.05) is 30.5 Å². The smallest absolute Gasteiger partial charge is 0.360 e. The fraction of sp³-hybridized carbons (Fsp3) is 0.333. The van der Waals surface area contributed by atoms with Crippen LogP contribution in [-0.2, 0) is 22.5 Å². The van der Waals surface area contributed by atoms with Crippen LogP contribution in [0.3, 0.4) is 0 Å². The number of furan rings is 1. The van der Waals surface area contributed by atoms with E-state index in [1.54, 1.807) is 23.4 Å². The van der Waals surface area contributed by atoms with Crippen molar-refractivity contribution >= 4 is 22.8 Å². The Kier molecular flexibility index (Phi) is 6.13. The third-order valence-electron chi connectivity index (χ3n) is 6.30. The first-order chi connectivity index (χ1) is 16.6. The lowest BCUT2D eigenvalue weighted by Crippen LogP contribution is -2.43. The highest BCUT2D eigenvalue weighted by molar-refractivity contribution is 5.86. The van der Waals surface area contributed by atoms with Crippen LogP contribution in [0.15, 0.2) is 59.7 Å². The van der Waals surface area contributed by atoms with E-state index < -0.39 is 5.97 Å². The third-order valence-corrected chi connectivity index (χ3v) is 6.30. The number of nitrogens with one attached hydrogen (secondary N) is 2. The van der Waals surface area contributed by atoms with Gasteiger partial charge in [0.15, 0.2) is 5.69 Å². The number of fused-ring (bicyclic) bond motifs is 1. The molecule has 4 heterocycles. The average molecular weight is 463 g/mol. The lowest BCUT2D eigenvalue weighted by Gasteiger charge is -2.22. The summed E-state index contributed by atoms with van der Waals surface area (Å²) in [6.45, 7) is 1.71. The number of hydrogen-bond acceptors (Lipinski definition) is 7. The fourth-order valence-electron chi connectivity index (χ4n) is 4.57. The molecule has 1 amide bonds. The summed E-state index contributed by atoms with van der Waals surface area (Å²) in [4.78, 5) is 30.4. The average Bonchev–Trinajstić information content (AvgIpc) is 3.65. The number of ether oxygens (including phenoxy) is 1. The Balaban J connectivity index is 1.26. The molecule has 3 aromatic heterocycles. The predicted molar refractivity (Wildman–Crippen MR) is 123 cm³/mol. The second-order valence-corrected chi connectivity index (χ2v) is 8.44. The van der Waals surface area contributed by atoms with Crippen molar-refractivity contribution in [3.05, 3.63) is 72.1 Å². The molecule has 2 N–H and O–H groups in total. The van der Waals surface area contributed by atoms with Gasteiger partial charge in [-0.1, -0.05) is 23.4 Å². The second kappa shape index (κ2) is 9.52. The lowest BCUT2D eigenvalue weighted by molar-refractivity contribution is -0.125. The van der Waals surface area contributed by atoms with Crippen molar-refractivity contribution in [3.63, 3.8) is 0 Å². The number of amides is 1. The van der Waals surface area contributed by atoms with Crippen LogP contribution in [0.25, 0.3) is 10.9 Å². The summed E-state index contributed by atoms with van der Waals surface area (Å²) in [5.41, 5.74) is 3.41. The number of esters is 1. The Hall–Kier alpha value is -3.92. The normalized spacial score (nSPS) is 18.4. The van der Waals surface area contributed by atoms with E-state index in [0.29, 0.717) is 26.1 Å². The molecule has 0 unspecified atom stereocenters. The molecule has 34 heavy (non-hydrogen) atoms. The van der Waals surface area contributed by atoms with Gasteiger partial charge < -0.3 is 19.5 Å². The summed E-state index contributed by atoms with van der Waals surface area (Å²) in [6.07, 6.45) is 8.17. The van der Waals surface area contributed by atoms with Crippen molar-refractivity contribution in [1.82, 2.24) is 30.2 Å². The zero-order valence-corrected chi connectivity index (χ0v) is 18.8. The van der Waals surface area contributed by atoms with E-state index in [-0.39, 0.29) is 23.7 Å². The quantitative estimate of drug-likeness (QED) is 0.386. The van der Waals surface area contributed by atoms with Gasteiger partial charge >= 0.3 is 5.97 Å². The van der Waals surface area contributed by atoms with Crippen LogP contribution < -0.4 is 5.32 Å². The minimum atomic E-state index is -0.536. The van der Waals surface area contributed by atoms with E-state index in [1.165, 1.54) is 18.1 Å². The summed E-state index contributed by atoms with van der Waals surface area (Å²) >= 11 is 0. The van der Waals surface area contributed by atoms with Gasteiger partial charge in [-0.2, -0.15) is 0 Å². The minimum Gasteiger partial charge on any atom is -0.472 e. The molecule has 0 spiro atoms. The Morgan fingerprint density at radius 2 is 2.18 bits per heavy atom. The number of rotatable bonds is 8. The number of H-pyrrole nitrogens is 1. The molecule has 0 saturated carbocycles. The molecule has 4 aromatic rings. The highest BCUT2D eigenvalue weighted by atomic mass is 16.5. The number of carbonyl (C=O) groups excluding carboxylic acids is 2. The Morgan fingerprint density at radius 3 is 3.00 bits per heavy atom. The maximum absolute atomic E-state index is 13.2. The van der Waals surface area contributed by atoms with Gasteiger partial charge in [0.2, 0.25) is 5.91 Å². The van der Waals surface area contributed by atoms with Crippen molar-refractivity contribution < 1.29 is 18.7 Å². The summed E-state index contributed by atoms with van der Waals surface area (Å²) in [6, 6.07) is 9.59. The summed E-state index contributed by atoms with van der Waals surface area (Å²) in [5, 5.41) is 12.3. The Morgan fingerprint density at radius 1 is 1.29 bits per heavy atom. The molecule has 0 aliphatic carbocycles. The van der Waals surface area contributed by atoms with Crippen LogP contribution in [-0.4, -0.2) is 63.0 Å². The second-order valence-electron chi connectivity index (χ2n) is 8.44.